The Bertz CT molecular complexity index is 2090. The molecule has 6 heterocycles. The largest absolute Gasteiger partial charge is 0.395 e. The number of unbranched alkanes of at least 4 members (excludes halogenated alkanes) is 2. The Kier molecular flexibility index (Phi) is 12.4. The summed E-state index contributed by atoms with van der Waals surface area (Å²) < 4.78 is 0. The van der Waals surface area contributed by atoms with Gasteiger partial charge in [0.15, 0.2) is 0 Å². The van der Waals surface area contributed by atoms with Crippen LogP contribution in [0.25, 0.3) is 30.9 Å². The molecule has 55 heavy (non-hydrogen) atoms. The molecule has 4 aromatic heterocycles. The van der Waals surface area contributed by atoms with Crippen molar-refractivity contribution in [2.75, 3.05) is 26.3 Å². The molecule has 2 unspecified atom stereocenters. The molecule has 294 valence electrons. The molecule has 0 aromatic carbocycles. The SMILES string of the molecule is CCCCC(CC)CC1(CC(CC)CCCC)c2cc(C)sc2-c2sc(-c3ccc(C4=C5C(=O)N(CCO)C(c6ccc(C)s6)=C5C(=O)N4CCO)s3)cc21. The molecule has 1 aliphatic carbocycles. The van der Waals surface area contributed by atoms with Crippen LogP contribution < -0.4 is 0 Å². The van der Waals surface area contributed by atoms with Gasteiger partial charge in [-0.2, -0.15) is 0 Å². The van der Waals surface area contributed by atoms with Gasteiger partial charge in [-0.15, -0.1) is 45.3 Å². The number of hydrogen-bond acceptors (Lipinski definition) is 8. The smallest absolute Gasteiger partial charge is 0.261 e. The Hall–Kier alpha value is -2.86. The fourth-order valence-corrected chi connectivity index (χ4v) is 13.9. The maximum absolute atomic E-state index is 14.3. The third-order valence-corrected chi connectivity index (χ3v) is 16.7. The highest BCUT2D eigenvalue weighted by molar-refractivity contribution is 7.27. The molecule has 10 heteroatoms. The lowest BCUT2D eigenvalue weighted by atomic mass is 9.65. The summed E-state index contributed by atoms with van der Waals surface area (Å²) in [5.74, 6) is 0.798. The average molecular weight is 817 g/mol. The van der Waals surface area contributed by atoms with E-state index in [2.05, 4.69) is 58.9 Å². The monoisotopic (exact) mass is 816 g/mol. The van der Waals surface area contributed by atoms with E-state index in [0.717, 1.165) is 19.5 Å². The molecule has 0 fully saturated rings. The second kappa shape index (κ2) is 16.9. The topological polar surface area (TPSA) is 81.1 Å². The highest BCUT2D eigenvalue weighted by Gasteiger charge is 2.50. The molecule has 2 atom stereocenters. The number of β-amino-alcohol motifs (C(OH)–C–C–N with tert-alkyl or cyclic N) is 2. The maximum atomic E-state index is 14.3. The zero-order chi connectivity index (χ0) is 39.0. The second-order valence-electron chi connectivity index (χ2n) is 15.7. The number of aliphatic hydroxyl groups is 2. The number of hydrogen-bond donors (Lipinski definition) is 2. The summed E-state index contributed by atoms with van der Waals surface area (Å²) in [6.45, 7) is 13.4. The number of fused-ring (bicyclic) bond motifs is 4. The quantitative estimate of drug-likeness (QED) is 0.0988. The minimum atomic E-state index is -0.272. The van der Waals surface area contributed by atoms with E-state index in [9.17, 15) is 19.8 Å². The summed E-state index contributed by atoms with van der Waals surface area (Å²) >= 11 is 7.02. The second-order valence-corrected chi connectivity index (χ2v) is 20.3. The number of thiophene rings is 4. The lowest BCUT2D eigenvalue weighted by Crippen LogP contribution is -2.32. The van der Waals surface area contributed by atoms with Crippen molar-refractivity contribution < 1.29 is 19.8 Å². The molecule has 0 bridgehead atoms. The normalized spacial score (nSPS) is 19.0. The summed E-state index contributed by atoms with van der Waals surface area (Å²) in [5.41, 5.74) is 4.97. The number of nitrogens with zero attached hydrogens (tertiary/aromatic N) is 2. The molecule has 3 aliphatic rings. The third kappa shape index (κ3) is 7.18. The Morgan fingerprint density at radius 1 is 0.618 bits per heavy atom. The highest BCUT2D eigenvalue weighted by Crippen LogP contribution is 2.62. The van der Waals surface area contributed by atoms with Gasteiger partial charge < -0.3 is 20.0 Å². The van der Waals surface area contributed by atoms with Crippen molar-refractivity contribution >= 4 is 68.6 Å². The van der Waals surface area contributed by atoms with Crippen molar-refractivity contribution in [3.05, 3.63) is 78.2 Å². The van der Waals surface area contributed by atoms with Crippen LogP contribution in [0.5, 0.6) is 0 Å². The molecule has 0 saturated heterocycles. The zero-order valence-corrected chi connectivity index (χ0v) is 36.5. The van der Waals surface area contributed by atoms with Crippen molar-refractivity contribution in [1.82, 2.24) is 9.80 Å². The van der Waals surface area contributed by atoms with Crippen molar-refractivity contribution in [3.8, 4) is 19.5 Å². The van der Waals surface area contributed by atoms with Gasteiger partial charge in [0.2, 0.25) is 0 Å². The summed E-state index contributed by atoms with van der Waals surface area (Å²) in [4.78, 5) is 41.0. The van der Waals surface area contributed by atoms with E-state index in [1.807, 2.05) is 41.7 Å². The molecule has 2 N–H and O–H groups in total. The van der Waals surface area contributed by atoms with Crippen LogP contribution in [0.4, 0.5) is 0 Å². The van der Waals surface area contributed by atoms with Crippen LogP contribution in [0, 0.1) is 25.7 Å². The van der Waals surface area contributed by atoms with Gasteiger partial charge in [-0.05, 0) is 86.1 Å². The fourth-order valence-electron chi connectivity index (χ4n) is 9.31. The number of aliphatic hydroxyl groups excluding tert-OH is 2. The van der Waals surface area contributed by atoms with Crippen molar-refractivity contribution in [1.29, 1.82) is 0 Å². The highest BCUT2D eigenvalue weighted by atomic mass is 32.1. The summed E-state index contributed by atoms with van der Waals surface area (Å²) in [6, 6.07) is 13.2. The summed E-state index contributed by atoms with van der Waals surface area (Å²) in [5, 5.41) is 20.1. The van der Waals surface area contributed by atoms with Gasteiger partial charge in [0.05, 0.1) is 45.5 Å². The van der Waals surface area contributed by atoms with Crippen molar-refractivity contribution in [2.45, 2.75) is 111 Å². The van der Waals surface area contributed by atoms with Crippen molar-refractivity contribution in [2.24, 2.45) is 11.8 Å². The minimum absolute atomic E-state index is 0.00379. The minimum Gasteiger partial charge on any atom is -0.395 e. The maximum Gasteiger partial charge on any atom is 0.261 e. The van der Waals surface area contributed by atoms with Gasteiger partial charge in [0, 0.05) is 47.8 Å². The molecule has 0 saturated carbocycles. The molecular formula is C45H56N2O4S4. The molecule has 6 nitrogen and oxygen atoms in total. The Labute approximate surface area is 343 Å². The molecule has 2 aliphatic heterocycles. The van der Waals surface area contributed by atoms with Crippen LogP contribution in [0.3, 0.4) is 0 Å². The number of rotatable bonds is 19. The number of carbonyl (C=O) groups excluding carboxylic acids is 2. The molecule has 0 spiro atoms. The average Bonchev–Trinajstić information content (AvgIpc) is 4.04. The van der Waals surface area contributed by atoms with E-state index in [-0.39, 0.29) is 43.5 Å². The zero-order valence-electron chi connectivity index (χ0n) is 33.3. The van der Waals surface area contributed by atoms with E-state index in [0.29, 0.717) is 34.4 Å². The van der Waals surface area contributed by atoms with E-state index in [4.69, 9.17) is 0 Å². The van der Waals surface area contributed by atoms with Crippen LogP contribution in [-0.4, -0.2) is 58.1 Å². The fraction of sp³-hybridized carbons (Fsp3) is 0.511. The van der Waals surface area contributed by atoms with E-state index < -0.39 is 0 Å². The van der Waals surface area contributed by atoms with Gasteiger partial charge >= 0.3 is 0 Å². The Morgan fingerprint density at radius 2 is 1.13 bits per heavy atom. The predicted octanol–water partition coefficient (Wildman–Crippen LogP) is 11.5. The third-order valence-electron chi connectivity index (χ3n) is 12.1. The van der Waals surface area contributed by atoms with Gasteiger partial charge in [-0.1, -0.05) is 79.1 Å². The first-order valence-corrected chi connectivity index (χ1v) is 23.7. The van der Waals surface area contributed by atoms with Crippen LogP contribution in [0.2, 0.25) is 0 Å². The lowest BCUT2D eigenvalue weighted by Gasteiger charge is -2.37. The van der Waals surface area contributed by atoms with Gasteiger partial charge in [-0.25, -0.2) is 0 Å². The van der Waals surface area contributed by atoms with E-state index in [1.165, 1.54) is 101 Å². The van der Waals surface area contributed by atoms with Crippen molar-refractivity contribution in [3.63, 3.8) is 0 Å². The molecule has 7 rings (SSSR count). The van der Waals surface area contributed by atoms with Crippen LogP contribution in [-0.2, 0) is 15.0 Å². The lowest BCUT2D eigenvalue weighted by molar-refractivity contribution is -0.124. The molecule has 0 radical (unpaired) electrons. The first-order valence-electron chi connectivity index (χ1n) is 20.4. The molecule has 4 aromatic rings. The number of amides is 2. The van der Waals surface area contributed by atoms with Crippen LogP contribution in [0.15, 0.2) is 47.5 Å². The summed E-state index contributed by atoms with van der Waals surface area (Å²) in [6.07, 6.45) is 12.3. The van der Waals surface area contributed by atoms with E-state index in [1.54, 1.807) is 26.7 Å². The first kappa shape index (κ1) is 40.3. The van der Waals surface area contributed by atoms with Crippen LogP contribution in [0.1, 0.15) is 123 Å². The standard InChI is InChI=1S/C45H56N2O4S4/c1-7-11-13-29(9-3)25-45(26-30(10-4)14-12-8-2)31-23-28(6)53-41(31)42-32(45)24-36(55-42)33-17-18-35(54-33)40-38-37(43(50)47(40)20-22-49)39(34-16-15-27(5)52-34)46(19-21-48)44(38)51/h15-18,23-24,29-30,48-49H,7-14,19-22,25-26H2,1-6H3. The molecular weight excluding hydrogens is 761 g/mol. The Balaban J connectivity index is 1.34. The number of carbonyl (C=O) groups is 2. The van der Waals surface area contributed by atoms with Gasteiger partial charge in [-0.3, -0.25) is 9.59 Å². The van der Waals surface area contributed by atoms with Gasteiger partial charge in [0.1, 0.15) is 0 Å². The summed E-state index contributed by atoms with van der Waals surface area (Å²) in [7, 11) is 0. The number of aryl methyl sites for hydroxylation is 2. The Morgan fingerprint density at radius 3 is 1.64 bits per heavy atom. The van der Waals surface area contributed by atoms with Gasteiger partial charge in [0.25, 0.3) is 11.8 Å². The predicted molar refractivity (Wildman–Crippen MR) is 233 cm³/mol. The first-order chi connectivity index (χ1) is 26.6. The van der Waals surface area contributed by atoms with E-state index >= 15 is 0 Å². The molecule has 2 amide bonds. The van der Waals surface area contributed by atoms with Crippen LogP contribution >= 0.6 is 45.3 Å².